The molecular weight excluding hydrogens is 240 g/mol. The molecule has 1 fully saturated rings. The molecule has 0 aromatic carbocycles. The van der Waals surface area contributed by atoms with Crippen molar-refractivity contribution in [1.29, 1.82) is 0 Å². The Balaban J connectivity index is 2.30. The number of rotatable bonds is 2. The Labute approximate surface area is 101 Å². The van der Waals surface area contributed by atoms with Gasteiger partial charge in [0, 0.05) is 17.0 Å². The maximum absolute atomic E-state index is 11.9. The quantitative estimate of drug-likeness (QED) is 0.832. The van der Waals surface area contributed by atoms with Gasteiger partial charge in [-0.3, -0.25) is 9.55 Å². The smallest absolute Gasteiger partial charge is 0.298 e. The average molecular weight is 250 g/mol. The van der Waals surface area contributed by atoms with E-state index in [0.717, 1.165) is 24.1 Å². The molecule has 3 rings (SSSR count). The van der Waals surface area contributed by atoms with Gasteiger partial charge >= 0.3 is 5.69 Å². The molecule has 2 aromatic rings. The number of hydrogen-bond donors (Lipinski definition) is 1. The van der Waals surface area contributed by atoms with Crippen LogP contribution in [0.25, 0.3) is 11.3 Å². The average Bonchev–Trinajstić information content (AvgIpc) is 2.92. The molecule has 5 heteroatoms. The number of nitrogens with one attached hydrogen (secondary N) is 1. The zero-order valence-corrected chi connectivity index (χ0v) is 10.1. The van der Waals surface area contributed by atoms with Crippen LogP contribution in [-0.2, 0) is 0 Å². The third kappa shape index (κ3) is 1.66. The molecule has 1 aliphatic rings. The first-order valence-electron chi connectivity index (χ1n) is 5.14. The van der Waals surface area contributed by atoms with Crippen molar-refractivity contribution >= 4 is 23.6 Å². The normalized spacial score (nSPS) is 15.2. The van der Waals surface area contributed by atoms with E-state index >= 15 is 0 Å². The molecule has 0 saturated heterocycles. The molecule has 82 valence electrons. The van der Waals surface area contributed by atoms with Gasteiger partial charge in [-0.25, -0.2) is 4.79 Å². The molecule has 0 spiro atoms. The number of hydrogen-bond acceptors (Lipinski definition) is 3. The highest BCUT2D eigenvalue weighted by molar-refractivity contribution is 7.71. The summed E-state index contributed by atoms with van der Waals surface area (Å²) < 4.78 is 2.33. The van der Waals surface area contributed by atoms with Crippen LogP contribution in [0, 0.1) is 4.64 Å². The van der Waals surface area contributed by atoms with Crippen LogP contribution in [0.2, 0.25) is 0 Å². The molecule has 0 atom stereocenters. The summed E-state index contributed by atoms with van der Waals surface area (Å²) in [5.41, 5.74) is 1.93. The van der Waals surface area contributed by atoms with Crippen molar-refractivity contribution in [3.05, 3.63) is 38.0 Å². The van der Waals surface area contributed by atoms with Crippen LogP contribution < -0.4 is 5.69 Å². The molecule has 16 heavy (non-hydrogen) atoms. The largest absolute Gasteiger partial charge is 0.327 e. The van der Waals surface area contributed by atoms with Gasteiger partial charge in [-0.2, -0.15) is 11.3 Å². The highest BCUT2D eigenvalue weighted by Gasteiger charge is 2.27. The summed E-state index contributed by atoms with van der Waals surface area (Å²) in [6.45, 7) is 0. The van der Waals surface area contributed by atoms with E-state index in [0.29, 0.717) is 10.7 Å². The summed E-state index contributed by atoms with van der Waals surface area (Å²) in [4.78, 5) is 14.6. The molecule has 0 bridgehead atoms. The van der Waals surface area contributed by atoms with Crippen LogP contribution in [0.4, 0.5) is 0 Å². The molecule has 3 nitrogen and oxygen atoms in total. The first-order chi connectivity index (χ1) is 7.75. The van der Waals surface area contributed by atoms with Gasteiger partial charge in [-0.1, -0.05) is 12.2 Å². The zero-order chi connectivity index (χ0) is 11.1. The van der Waals surface area contributed by atoms with Crippen molar-refractivity contribution in [1.82, 2.24) is 9.55 Å². The first-order valence-corrected chi connectivity index (χ1v) is 6.49. The van der Waals surface area contributed by atoms with E-state index in [4.69, 9.17) is 12.2 Å². The second-order valence-corrected chi connectivity index (χ2v) is 5.16. The maximum Gasteiger partial charge on any atom is 0.327 e. The van der Waals surface area contributed by atoms with Gasteiger partial charge in [0.1, 0.15) is 4.64 Å². The van der Waals surface area contributed by atoms with Crippen molar-refractivity contribution in [2.75, 3.05) is 0 Å². The SMILES string of the molecule is O=c1[nH]c(=S)cc(-c2ccsc2)n1C1CC1. The summed E-state index contributed by atoms with van der Waals surface area (Å²) in [5, 5.41) is 4.05. The first kappa shape index (κ1) is 9.99. The van der Waals surface area contributed by atoms with Crippen LogP contribution in [0.5, 0.6) is 0 Å². The predicted molar refractivity (Wildman–Crippen MR) is 67.5 cm³/mol. The zero-order valence-electron chi connectivity index (χ0n) is 8.47. The minimum Gasteiger partial charge on any atom is -0.298 e. The molecule has 2 heterocycles. The molecule has 2 aromatic heterocycles. The number of aromatic amines is 1. The van der Waals surface area contributed by atoms with Crippen molar-refractivity contribution in [2.24, 2.45) is 0 Å². The van der Waals surface area contributed by atoms with E-state index in [1.165, 1.54) is 0 Å². The molecule has 1 N–H and O–H groups in total. The molecule has 0 unspecified atom stereocenters. The monoisotopic (exact) mass is 250 g/mol. The van der Waals surface area contributed by atoms with Crippen LogP contribution >= 0.6 is 23.6 Å². The van der Waals surface area contributed by atoms with E-state index in [9.17, 15) is 4.79 Å². The predicted octanol–water partition coefficient (Wildman–Crippen LogP) is 2.97. The van der Waals surface area contributed by atoms with Crippen molar-refractivity contribution in [3.8, 4) is 11.3 Å². The van der Waals surface area contributed by atoms with Crippen molar-refractivity contribution in [3.63, 3.8) is 0 Å². The second-order valence-electron chi connectivity index (χ2n) is 3.94. The summed E-state index contributed by atoms with van der Waals surface area (Å²) >= 11 is 6.69. The Morgan fingerprint density at radius 2 is 2.31 bits per heavy atom. The van der Waals surface area contributed by atoms with E-state index in [2.05, 4.69) is 4.98 Å². The number of aromatic nitrogens is 2. The van der Waals surface area contributed by atoms with Crippen LogP contribution in [-0.4, -0.2) is 9.55 Å². The third-order valence-electron chi connectivity index (χ3n) is 2.71. The minimum absolute atomic E-state index is 0.0869. The standard InChI is InChI=1S/C11H10N2OS2/c14-11-12-10(15)5-9(7-3-4-16-6-7)13(11)8-1-2-8/h3-6,8H,1-2H2,(H,12,14,15). The number of H-pyrrole nitrogens is 1. The maximum atomic E-state index is 11.9. The highest BCUT2D eigenvalue weighted by Crippen LogP contribution is 2.37. The van der Waals surface area contributed by atoms with Gasteiger partial charge in [0.25, 0.3) is 0 Å². The Morgan fingerprint density at radius 3 is 2.94 bits per heavy atom. The molecule has 1 saturated carbocycles. The Hall–Kier alpha value is -1.20. The fourth-order valence-electron chi connectivity index (χ4n) is 1.83. The minimum atomic E-state index is -0.0869. The molecule has 0 aliphatic heterocycles. The Morgan fingerprint density at radius 1 is 1.50 bits per heavy atom. The molecule has 0 radical (unpaired) electrons. The lowest BCUT2D eigenvalue weighted by molar-refractivity contribution is 0.687. The lowest BCUT2D eigenvalue weighted by Crippen LogP contribution is -2.23. The summed E-state index contributed by atoms with van der Waals surface area (Å²) in [6.07, 6.45) is 2.17. The summed E-state index contributed by atoms with van der Waals surface area (Å²) in [6, 6.07) is 4.25. The van der Waals surface area contributed by atoms with E-state index in [-0.39, 0.29) is 5.69 Å². The van der Waals surface area contributed by atoms with Gasteiger partial charge in [0.15, 0.2) is 0 Å². The highest BCUT2D eigenvalue weighted by atomic mass is 32.1. The van der Waals surface area contributed by atoms with Gasteiger partial charge in [-0.05, 0) is 30.4 Å². The van der Waals surface area contributed by atoms with Gasteiger partial charge in [-0.15, -0.1) is 0 Å². The number of thiophene rings is 1. The molecular formula is C11H10N2OS2. The fraction of sp³-hybridized carbons (Fsp3) is 0.273. The third-order valence-corrected chi connectivity index (χ3v) is 3.61. The summed E-state index contributed by atoms with van der Waals surface area (Å²) in [7, 11) is 0. The Kier molecular flexibility index (Phi) is 2.29. The second kappa shape index (κ2) is 3.68. The Bertz CT molecular complexity index is 620. The van der Waals surface area contributed by atoms with E-state index < -0.39 is 0 Å². The van der Waals surface area contributed by atoms with Crippen LogP contribution in [0.15, 0.2) is 27.7 Å². The van der Waals surface area contributed by atoms with E-state index in [1.54, 1.807) is 11.3 Å². The summed E-state index contributed by atoms with van der Waals surface area (Å²) in [5.74, 6) is 0. The molecule has 0 amide bonds. The lowest BCUT2D eigenvalue weighted by atomic mass is 10.2. The van der Waals surface area contributed by atoms with Gasteiger partial charge < -0.3 is 0 Å². The van der Waals surface area contributed by atoms with Gasteiger partial charge in [0.2, 0.25) is 0 Å². The van der Waals surface area contributed by atoms with E-state index in [1.807, 2.05) is 27.5 Å². The lowest BCUT2D eigenvalue weighted by Gasteiger charge is -2.09. The van der Waals surface area contributed by atoms with Crippen LogP contribution in [0.3, 0.4) is 0 Å². The molecule has 1 aliphatic carbocycles. The fourth-order valence-corrected chi connectivity index (χ4v) is 2.68. The van der Waals surface area contributed by atoms with Crippen molar-refractivity contribution in [2.45, 2.75) is 18.9 Å². The van der Waals surface area contributed by atoms with Crippen LogP contribution in [0.1, 0.15) is 18.9 Å². The topological polar surface area (TPSA) is 37.8 Å². The van der Waals surface area contributed by atoms with Crippen molar-refractivity contribution < 1.29 is 0 Å². The number of nitrogens with zero attached hydrogens (tertiary/aromatic N) is 1. The van der Waals surface area contributed by atoms with Gasteiger partial charge in [0.05, 0.1) is 5.69 Å².